The van der Waals surface area contributed by atoms with Crippen molar-refractivity contribution in [2.75, 3.05) is 45.1 Å². The number of nitrogens with zero attached hydrogens (tertiary/aromatic N) is 2. The van der Waals surface area contributed by atoms with Gasteiger partial charge in [-0.25, -0.2) is 8.78 Å². The molecule has 0 aliphatic rings. The van der Waals surface area contributed by atoms with Crippen LogP contribution in [-0.2, 0) is 0 Å². The van der Waals surface area contributed by atoms with Crippen LogP contribution in [0.4, 0.5) is 8.78 Å². The fourth-order valence-corrected chi connectivity index (χ4v) is 1.67. The van der Waals surface area contributed by atoms with Gasteiger partial charge in [0.05, 0.1) is 6.54 Å². The minimum absolute atomic E-state index is 0.173. The number of rotatable bonds is 9. The standard InChI is InChI=1S/C10H21ClF2N2/c1-3-14(4-2)7-8-15(6-5-11)9-10(12)13/h10H,3-9H2,1-2H3. The number of halogens is 3. The summed E-state index contributed by atoms with van der Waals surface area (Å²) in [6.45, 7) is 7.92. The first kappa shape index (κ1) is 15.1. The molecule has 0 rings (SSSR count). The summed E-state index contributed by atoms with van der Waals surface area (Å²) in [6.07, 6.45) is -2.27. The Bertz CT molecular complexity index is 143. The molecule has 0 aliphatic heterocycles. The van der Waals surface area contributed by atoms with E-state index in [0.29, 0.717) is 19.0 Å². The molecule has 0 atom stereocenters. The number of hydrogen-bond donors (Lipinski definition) is 0. The molecule has 0 saturated heterocycles. The highest BCUT2D eigenvalue weighted by atomic mass is 35.5. The molecule has 92 valence electrons. The molecule has 15 heavy (non-hydrogen) atoms. The molecule has 0 amide bonds. The summed E-state index contributed by atoms with van der Waals surface area (Å²) in [4.78, 5) is 3.93. The smallest absolute Gasteiger partial charge is 0.251 e. The van der Waals surface area contributed by atoms with Crippen molar-refractivity contribution in [2.45, 2.75) is 20.3 Å². The van der Waals surface area contributed by atoms with Gasteiger partial charge in [0.1, 0.15) is 0 Å². The Morgan fingerprint density at radius 3 is 1.93 bits per heavy atom. The molecule has 5 heteroatoms. The predicted octanol–water partition coefficient (Wildman–Crippen LogP) is 2.13. The van der Waals surface area contributed by atoms with Crippen molar-refractivity contribution in [3.8, 4) is 0 Å². The van der Waals surface area contributed by atoms with Gasteiger partial charge >= 0.3 is 0 Å². The zero-order chi connectivity index (χ0) is 11.7. The molecule has 0 spiro atoms. The summed E-state index contributed by atoms with van der Waals surface area (Å²) in [5.74, 6) is 0.408. The number of likely N-dealkylation sites (N-methyl/N-ethyl adjacent to an activating group) is 1. The van der Waals surface area contributed by atoms with E-state index < -0.39 is 6.43 Å². The summed E-state index contributed by atoms with van der Waals surface area (Å²) >= 11 is 5.56. The van der Waals surface area contributed by atoms with Crippen molar-refractivity contribution >= 4 is 11.6 Å². The van der Waals surface area contributed by atoms with E-state index in [1.807, 2.05) is 0 Å². The van der Waals surface area contributed by atoms with Crippen LogP contribution in [0.25, 0.3) is 0 Å². The van der Waals surface area contributed by atoms with Crippen molar-refractivity contribution in [3.63, 3.8) is 0 Å². The van der Waals surface area contributed by atoms with Gasteiger partial charge in [0.15, 0.2) is 0 Å². The van der Waals surface area contributed by atoms with Gasteiger partial charge in [-0.3, -0.25) is 4.90 Å². The van der Waals surface area contributed by atoms with E-state index in [2.05, 4.69) is 18.7 Å². The first-order valence-corrected chi connectivity index (χ1v) is 5.96. The minimum Gasteiger partial charge on any atom is -0.303 e. The normalized spacial score (nSPS) is 12.0. The van der Waals surface area contributed by atoms with Crippen LogP contribution < -0.4 is 0 Å². The quantitative estimate of drug-likeness (QED) is 0.572. The van der Waals surface area contributed by atoms with E-state index in [9.17, 15) is 8.78 Å². The molecule has 0 unspecified atom stereocenters. The van der Waals surface area contributed by atoms with Gasteiger partial charge in [-0.1, -0.05) is 13.8 Å². The fraction of sp³-hybridized carbons (Fsp3) is 1.00. The van der Waals surface area contributed by atoms with Crippen LogP contribution in [0.5, 0.6) is 0 Å². The second-order valence-corrected chi connectivity index (χ2v) is 3.79. The molecule has 0 heterocycles. The van der Waals surface area contributed by atoms with Crippen molar-refractivity contribution in [2.24, 2.45) is 0 Å². The van der Waals surface area contributed by atoms with Gasteiger partial charge in [-0.2, -0.15) is 0 Å². The van der Waals surface area contributed by atoms with Crippen LogP contribution in [0.3, 0.4) is 0 Å². The molecule has 0 N–H and O–H groups in total. The minimum atomic E-state index is -2.27. The first-order chi connectivity index (χ1) is 7.13. The third-order valence-corrected chi connectivity index (χ3v) is 2.59. The molecule has 0 aromatic carbocycles. The van der Waals surface area contributed by atoms with Crippen LogP contribution in [0.2, 0.25) is 0 Å². The Balaban J connectivity index is 3.82. The van der Waals surface area contributed by atoms with Crippen molar-refractivity contribution in [3.05, 3.63) is 0 Å². The molecule has 0 bridgehead atoms. The van der Waals surface area contributed by atoms with Crippen LogP contribution in [-0.4, -0.2) is 61.4 Å². The molecular weight excluding hydrogens is 222 g/mol. The van der Waals surface area contributed by atoms with E-state index in [-0.39, 0.29) is 6.54 Å². The molecule has 0 aromatic heterocycles. The highest BCUT2D eigenvalue weighted by molar-refractivity contribution is 6.18. The van der Waals surface area contributed by atoms with E-state index >= 15 is 0 Å². The maximum absolute atomic E-state index is 12.2. The Morgan fingerprint density at radius 2 is 1.53 bits per heavy atom. The lowest BCUT2D eigenvalue weighted by molar-refractivity contribution is 0.0856. The average Bonchev–Trinajstić information content (AvgIpc) is 2.18. The van der Waals surface area contributed by atoms with Gasteiger partial charge < -0.3 is 4.90 Å². The van der Waals surface area contributed by atoms with Gasteiger partial charge in [0.2, 0.25) is 0 Å². The molecule has 0 radical (unpaired) electrons. The Hall–Kier alpha value is 0.0700. The largest absolute Gasteiger partial charge is 0.303 e. The maximum atomic E-state index is 12.2. The first-order valence-electron chi connectivity index (χ1n) is 5.42. The van der Waals surface area contributed by atoms with Gasteiger partial charge in [0, 0.05) is 25.5 Å². The SMILES string of the molecule is CCN(CC)CCN(CCCl)CC(F)F. The van der Waals surface area contributed by atoms with Crippen LogP contribution in [0, 0.1) is 0 Å². The molecule has 0 saturated carbocycles. The lowest BCUT2D eigenvalue weighted by atomic mass is 10.4. The Kier molecular flexibility index (Phi) is 9.35. The molecule has 0 aliphatic carbocycles. The molecular formula is C10H21ClF2N2. The Morgan fingerprint density at radius 1 is 1.00 bits per heavy atom. The van der Waals surface area contributed by atoms with Crippen molar-refractivity contribution in [1.82, 2.24) is 9.80 Å². The highest BCUT2D eigenvalue weighted by Gasteiger charge is 2.12. The Labute approximate surface area is 96.2 Å². The zero-order valence-corrected chi connectivity index (χ0v) is 10.3. The topological polar surface area (TPSA) is 6.48 Å². The van der Waals surface area contributed by atoms with E-state index in [0.717, 1.165) is 19.6 Å². The summed E-state index contributed by atoms with van der Waals surface area (Å²) < 4.78 is 24.4. The van der Waals surface area contributed by atoms with Crippen molar-refractivity contribution in [1.29, 1.82) is 0 Å². The maximum Gasteiger partial charge on any atom is 0.251 e. The van der Waals surface area contributed by atoms with E-state index in [1.165, 1.54) is 0 Å². The lowest BCUT2D eigenvalue weighted by Gasteiger charge is -2.25. The summed E-state index contributed by atoms with van der Waals surface area (Å²) in [7, 11) is 0. The summed E-state index contributed by atoms with van der Waals surface area (Å²) in [6, 6.07) is 0. The van der Waals surface area contributed by atoms with Crippen LogP contribution >= 0.6 is 11.6 Å². The second-order valence-electron chi connectivity index (χ2n) is 3.41. The second kappa shape index (κ2) is 9.31. The van der Waals surface area contributed by atoms with Gasteiger partial charge in [-0.15, -0.1) is 11.6 Å². The average molecular weight is 243 g/mol. The number of alkyl halides is 3. The summed E-state index contributed by atoms with van der Waals surface area (Å²) in [5, 5.41) is 0. The number of hydrogen-bond acceptors (Lipinski definition) is 2. The van der Waals surface area contributed by atoms with E-state index in [1.54, 1.807) is 4.90 Å². The van der Waals surface area contributed by atoms with E-state index in [4.69, 9.17) is 11.6 Å². The van der Waals surface area contributed by atoms with Crippen LogP contribution in [0.1, 0.15) is 13.8 Å². The highest BCUT2D eigenvalue weighted by Crippen LogP contribution is 1.99. The third-order valence-electron chi connectivity index (χ3n) is 2.42. The monoisotopic (exact) mass is 242 g/mol. The predicted molar refractivity (Wildman–Crippen MR) is 61.0 cm³/mol. The van der Waals surface area contributed by atoms with Gasteiger partial charge in [-0.05, 0) is 13.1 Å². The van der Waals surface area contributed by atoms with Crippen molar-refractivity contribution < 1.29 is 8.78 Å². The zero-order valence-electron chi connectivity index (χ0n) is 9.56. The van der Waals surface area contributed by atoms with Crippen LogP contribution in [0.15, 0.2) is 0 Å². The van der Waals surface area contributed by atoms with Gasteiger partial charge in [0.25, 0.3) is 6.43 Å². The lowest BCUT2D eigenvalue weighted by Crippen LogP contribution is -2.38. The molecule has 0 fully saturated rings. The summed E-state index contributed by atoms with van der Waals surface area (Å²) in [5.41, 5.74) is 0. The molecule has 2 nitrogen and oxygen atoms in total. The third kappa shape index (κ3) is 7.94. The molecule has 0 aromatic rings. The fourth-order valence-electron chi connectivity index (χ4n) is 1.43.